The number of ether oxygens (including phenoxy) is 1. The Hall–Kier alpha value is -2.29. The average molecular weight is 281 g/mol. The maximum atomic E-state index is 12.4. The van der Waals surface area contributed by atoms with Gasteiger partial charge in [0.1, 0.15) is 5.60 Å². The van der Waals surface area contributed by atoms with Crippen LogP contribution in [0.15, 0.2) is 36.6 Å². The standard InChI is InChI=1S/C18H19NO2/c1-18(2,3)21-17(20)19-10-5-4-7-15-11-13-8-6-9-14(13)12-16(15)19/h4-8,10-12H,9H2,1-3H3. The third-order valence-electron chi connectivity index (χ3n) is 3.40. The molecule has 0 aromatic heterocycles. The highest BCUT2D eigenvalue weighted by molar-refractivity contribution is 5.94. The normalized spacial score (nSPS) is 15.7. The molecule has 3 rings (SSSR count). The van der Waals surface area contributed by atoms with Crippen LogP contribution in [0.3, 0.4) is 0 Å². The Labute approximate surface area is 125 Å². The van der Waals surface area contributed by atoms with E-state index in [9.17, 15) is 4.79 Å². The first kappa shape index (κ1) is 13.7. The number of benzene rings is 1. The minimum atomic E-state index is -0.511. The van der Waals surface area contributed by atoms with Gasteiger partial charge in [0.15, 0.2) is 0 Å². The molecule has 0 N–H and O–H groups in total. The van der Waals surface area contributed by atoms with Crippen LogP contribution in [0.4, 0.5) is 10.5 Å². The lowest BCUT2D eigenvalue weighted by molar-refractivity contribution is 0.0596. The lowest BCUT2D eigenvalue weighted by Crippen LogP contribution is -2.33. The lowest BCUT2D eigenvalue weighted by Gasteiger charge is -2.26. The summed E-state index contributed by atoms with van der Waals surface area (Å²) in [5, 5.41) is 0. The van der Waals surface area contributed by atoms with Gasteiger partial charge in [0.25, 0.3) is 0 Å². The molecule has 0 unspecified atom stereocenters. The first-order chi connectivity index (χ1) is 9.94. The van der Waals surface area contributed by atoms with E-state index in [0.29, 0.717) is 0 Å². The Morgan fingerprint density at radius 3 is 2.71 bits per heavy atom. The number of hydrogen-bond donors (Lipinski definition) is 0. The molecule has 2 aliphatic rings. The largest absolute Gasteiger partial charge is 0.443 e. The number of carbonyl (C=O) groups excluding carboxylic acids is 1. The molecule has 21 heavy (non-hydrogen) atoms. The van der Waals surface area contributed by atoms with Crippen LogP contribution in [0.25, 0.3) is 12.2 Å². The molecule has 1 aromatic rings. The molecule has 1 amide bonds. The van der Waals surface area contributed by atoms with Crippen molar-refractivity contribution < 1.29 is 9.53 Å². The Kier molecular flexibility index (Phi) is 3.20. The summed E-state index contributed by atoms with van der Waals surface area (Å²) >= 11 is 0. The highest BCUT2D eigenvalue weighted by atomic mass is 16.6. The van der Waals surface area contributed by atoms with Crippen molar-refractivity contribution in [3.8, 4) is 0 Å². The molecule has 3 heteroatoms. The number of fused-ring (bicyclic) bond motifs is 2. The molecular weight excluding hydrogens is 262 g/mol. The molecule has 3 nitrogen and oxygen atoms in total. The van der Waals surface area contributed by atoms with Gasteiger partial charge in [0.2, 0.25) is 0 Å². The molecule has 108 valence electrons. The number of nitrogens with zero attached hydrogens (tertiary/aromatic N) is 1. The molecular formula is C18H19NO2. The third kappa shape index (κ3) is 2.77. The Balaban J connectivity index is 2.01. The van der Waals surface area contributed by atoms with Gasteiger partial charge >= 0.3 is 6.09 Å². The maximum absolute atomic E-state index is 12.4. The highest BCUT2D eigenvalue weighted by Crippen LogP contribution is 2.32. The number of hydrogen-bond acceptors (Lipinski definition) is 2. The monoisotopic (exact) mass is 281 g/mol. The molecule has 0 radical (unpaired) electrons. The first-order valence-electron chi connectivity index (χ1n) is 7.14. The predicted molar refractivity (Wildman–Crippen MR) is 86.1 cm³/mol. The van der Waals surface area contributed by atoms with Crippen LogP contribution in [-0.4, -0.2) is 11.7 Å². The van der Waals surface area contributed by atoms with Gasteiger partial charge in [-0.1, -0.05) is 24.3 Å². The van der Waals surface area contributed by atoms with Gasteiger partial charge in [0.05, 0.1) is 5.69 Å². The van der Waals surface area contributed by atoms with Crippen molar-refractivity contribution in [2.75, 3.05) is 4.90 Å². The van der Waals surface area contributed by atoms with E-state index in [1.807, 2.05) is 39.0 Å². The van der Waals surface area contributed by atoms with Crippen LogP contribution in [0, 0.1) is 0 Å². The van der Waals surface area contributed by atoms with Gasteiger partial charge in [0, 0.05) is 6.20 Å². The van der Waals surface area contributed by atoms with Gasteiger partial charge < -0.3 is 4.74 Å². The molecule has 0 bridgehead atoms. The molecule has 0 saturated carbocycles. The van der Waals surface area contributed by atoms with Gasteiger partial charge in [-0.2, -0.15) is 0 Å². The number of carbonyl (C=O) groups is 1. The van der Waals surface area contributed by atoms with Crippen molar-refractivity contribution in [3.05, 3.63) is 53.3 Å². The smallest absolute Gasteiger partial charge is 0.418 e. The molecule has 1 aliphatic carbocycles. The summed E-state index contributed by atoms with van der Waals surface area (Å²) in [5.41, 5.74) is 3.85. The van der Waals surface area contributed by atoms with Gasteiger partial charge in [-0.05, 0) is 62.1 Å². The van der Waals surface area contributed by atoms with Gasteiger partial charge in [-0.15, -0.1) is 0 Å². The van der Waals surface area contributed by atoms with Crippen LogP contribution in [0.5, 0.6) is 0 Å². The van der Waals surface area contributed by atoms with Crippen LogP contribution >= 0.6 is 0 Å². The zero-order valence-electron chi connectivity index (χ0n) is 12.6. The summed E-state index contributed by atoms with van der Waals surface area (Å²) in [6.07, 6.45) is 12.4. The number of anilines is 1. The number of amides is 1. The molecule has 1 aromatic carbocycles. The summed E-state index contributed by atoms with van der Waals surface area (Å²) in [4.78, 5) is 14.0. The number of rotatable bonds is 0. The van der Waals surface area contributed by atoms with E-state index >= 15 is 0 Å². The second-order valence-electron chi connectivity index (χ2n) is 6.27. The summed E-state index contributed by atoms with van der Waals surface area (Å²) < 4.78 is 5.50. The minimum Gasteiger partial charge on any atom is -0.443 e. The van der Waals surface area contributed by atoms with E-state index in [1.54, 1.807) is 11.1 Å². The average Bonchev–Trinajstić information content (AvgIpc) is 2.72. The molecule has 0 fully saturated rings. The van der Waals surface area contributed by atoms with Crippen molar-refractivity contribution >= 4 is 23.9 Å². The minimum absolute atomic E-state index is 0.352. The second-order valence-corrected chi connectivity index (χ2v) is 6.27. The van der Waals surface area contributed by atoms with E-state index in [1.165, 1.54) is 11.1 Å². The zero-order chi connectivity index (χ0) is 15.0. The fourth-order valence-electron chi connectivity index (χ4n) is 2.50. The highest BCUT2D eigenvalue weighted by Gasteiger charge is 2.24. The predicted octanol–water partition coefficient (Wildman–Crippen LogP) is 4.54. The molecule has 1 aliphatic heterocycles. The van der Waals surface area contributed by atoms with Crippen LogP contribution < -0.4 is 4.90 Å². The molecule has 1 heterocycles. The van der Waals surface area contributed by atoms with Crippen molar-refractivity contribution in [1.82, 2.24) is 0 Å². The summed E-state index contributed by atoms with van der Waals surface area (Å²) in [6, 6.07) is 4.20. The van der Waals surface area contributed by atoms with Crippen LogP contribution in [0.1, 0.15) is 37.5 Å². The Morgan fingerprint density at radius 1 is 1.14 bits per heavy atom. The van der Waals surface area contributed by atoms with Gasteiger partial charge in [-0.3, -0.25) is 4.90 Å². The van der Waals surface area contributed by atoms with E-state index in [4.69, 9.17) is 4.74 Å². The summed E-state index contributed by atoms with van der Waals surface area (Å²) in [5.74, 6) is 0. The molecule has 0 spiro atoms. The Bertz CT molecular complexity index is 675. The SMILES string of the molecule is CC(C)(C)OC(=O)N1C=CC=Cc2cc3c(cc21)CC=C3. The number of allylic oxidation sites excluding steroid dienone is 3. The van der Waals surface area contributed by atoms with Crippen molar-refractivity contribution in [2.24, 2.45) is 0 Å². The first-order valence-corrected chi connectivity index (χ1v) is 7.14. The fourth-order valence-corrected chi connectivity index (χ4v) is 2.50. The summed E-state index contributed by atoms with van der Waals surface area (Å²) in [6.45, 7) is 5.62. The zero-order valence-corrected chi connectivity index (χ0v) is 12.6. The molecule has 0 saturated heterocycles. The third-order valence-corrected chi connectivity index (χ3v) is 3.40. The van der Waals surface area contributed by atoms with E-state index < -0.39 is 5.60 Å². The van der Waals surface area contributed by atoms with Gasteiger partial charge in [-0.25, -0.2) is 4.79 Å². The topological polar surface area (TPSA) is 29.5 Å². The van der Waals surface area contributed by atoms with Crippen LogP contribution in [-0.2, 0) is 11.2 Å². The van der Waals surface area contributed by atoms with E-state index in [2.05, 4.69) is 24.3 Å². The maximum Gasteiger partial charge on any atom is 0.418 e. The van der Waals surface area contributed by atoms with Crippen molar-refractivity contribution in [1.29, 1.82) is 0 Å². The Morgan fingerprint density at radius 2 is 1.95 bits per heavy atom. The van der Waals surface area contributed by atoms with E-state index in [-0.39, 0.29) is 6.09 Å². The lowest BCUT2D eigenvalue weighted by atomic mass is 10.0. The molecule has 0 atom stereocenters. The second kappa shape index (κ2) is 4.92. The van der Waals surface area contributed by atoms with Crippen molar-refractivity contribution in [3.63, 3.8) is 0 Å². The summed E-state index contributed by atoms with van der Waals surface area (Å²) in [7, 11) is 0. The van der Waals surface area contributed by atoms with Crippen LogP contribution in [0.2, 0.25) is 0 Å². The van der Waals surface area contributed by atoms with E-state index in [0.717, 1.165) is 17.7 Å². The quantitative estimate of drug-likeness (QED) is 0.698. The van der Waals surface area contributed by atoms with Crippen molar-refractivity contribution in [2.45, 2.75) is 32.8 Å². The fraction of sp³-hybridized carbons (Fsp3) is 0.278.